The van der Waals surface area contributed by atoms with Gasteiger partial charge in [0.2, 0.25) is 0 Å². The van der Waals surface area contributed by atoms with Gasteiger partial charge >= 0.3 is 0 Å². The molecule has 2 rings (SSSR count). The summed E-state index contributed by atoms with van der Waals surface area (Å²) in [6, 6.07) is 6.64. The lowest BCUT2D eigenvalue weighted by atomic mass is 10.0. The van der Waals surface area contributed by atoms with Gasteiger partial charge in [-0.2, -0.15) is 0 Å². The third kappa shape index (κ3) is 2.44. The van der Waals surface area contributed by atoms with Gasteiger partial charge in [0.1, 0.15) is 0 Å². The molecule has 1 aromatic rings. The molecular weight excluding hydrogens is 206 g/mol. The van der Waals surface area contributed by atoms with E-state index in [1.54, 1.807) is 0 Å². The van der Waals surface area contributed by atoms with Gasteiger partial charge in [0.25, 0.3) is 0 Å². The molecule has 1 aromatic carbocycles. The van der Waals surface area contributed by atoms with Crippen molar-refractivity contribution >= 4 is 5.69 Å². The van der Waals surface area contributed by atoms with E-state index in [1.807, 2.05) is 0 Å². The van der Waals surface area contributed by atoms with E-state index in [2.05, 4.69) is 63.1 Å². The van der Waals surface area contributed by atoms with Gasteiger partial charge < -0.3 is 4.90 Å². The molecule has 0 bridgehead atoms. The summed E-state index contributed by atoms with van der Waals surface area (Å²) in [5.74, 6) is 0. The number of benzene rings is 1. The second kappa shape index (κ2) is 4.79. The molecule has 0 amide bonds. The van der Waals surface area contributed by atoms with E-state index < -0.39 is 0 Å². The van der Waals surface area contributed by atoms with Gasteiger partial charge in [-0.05, 0) is 50.8 Å². The average Bonchev–Trinajstić information content (AvgIpc) is 2.29. The van der Waals surface area contributed by atoms with Crippen molar-refractivity contribution in [2.45, 2.75) is 33.6 Å². The highest BCUT2D eigenvalue weighted by molar-refractivity contribution is 5.61. The van der Waals surface area contributed by atoms with Gasteiger partial charge in [0, 0.05) is 18.4 Å². The van der Waals surface area contributed by atoms with Crippen LogP contribution in [-0.4, -0.2) is 7.05 Å². The minimum atomic E-state index is 1.15. The number of hydrogen-bond donors (Lipinski definition) is 0. The largest absolute Gasteiger partial charge is 0.344 e. The fourth-order valence-corrected chi connectivity index (χ4v) is 2.50. The first kappa shape index (κ1) is 12.0. The van der Waals surface area contributed by atoms with Crippen LogP contribution in [0.25, 0.3) is 0 Å². The van der Waals surface area contributed by atoms with E-state index >= 15 is 0 Å². The molecule has 0 saturated carbocycles. The average molecular weight is 227 g/mol. The molecule has 90 valence electrons. The second-order valence-electron chi connectivity index (χ2n) is 4.90. The molecule has 0 radical (unpaired) electrons. The Morgan fingerprint density at radius 3 is 2.35 bits per heavy atom. The summed E-state index contributed by atoms with van der Waals surface area (Å²) in [6.07, 6.45) is 7.00. The first-order valence-electron chi connectivity index (χ1n) is 6.28. The smallest absolute Gasteiger partial charge is 0.0437 e. The van der Waals surface area contributed by atoms with Crippen LogP contribution in [0.3, 0.4) is 0 Å². The van der Waals surface area contributed by atoms with Crippen LogP contribution in [0.4, 0.5) is 5.69 Å². The molecule has 17 heavy (non-hydrogen) atoms. The summed E-state index contributed by atoms with van der Waals surface area (Å²) in [4.78, 5) is 2.31. The standard InChI is InChI=1S/C16H21N/c1-12-9-10-16(14(3)11-12)17(4)15-8-6-5-7-13(15)2/h7-11H,5-6H2,1-4H3. The summed E-state index contributed by atoms with van der Waals surface area (Å²) < 4.78 is 0. The highest BCUT2D eigenvalue weighted by Gasteiger charge is 2.12. The third-order valence-corrected chi connectivity index (χ3v) is 3.43. The van der Waals surface area contributed by atoms with Crippen LogP contribution in [0.5, 0.6) is 0 Å². The number of rotatable bonds is 2. The van der Waals surface area contributed by atoms with Crippen LogP contribution in [0.1, 0.15) is 30.9 Å². The van der Waals surface area contributed by atoms with Crippen LogP contribution in [-0.2, 0) is 0 Å². The predicted molar refractivity (Wildman–Crippen MR) is 75.4 cm³/mol. The highest BCUT2D eigenvalue weighted by Crippen LogP contribution is 2.28. The van der Waals surface area contributed by atoms with Crippen LogP contribution in [0.15, 0.2) is 41.6 Å². The van der Waals surface area contributed by atoms with Gasteiger partial charge in [-0.25, -0.2) is 0 Å². The van der Waals surface area contributed by atoms with Crippen molar-refractivity contribution in [2.75, 3.05) is 11.9 Å². The van der Waals surface area contributed by atoms with E-state index in [4.69, 9.17) is 0 Å². The first-order chi connectivity index (χ1) is 8.09. The lowest BCUT2D eigenvalue weighted by Gasteiger charge is -2.27. The van der Waals surface area contributed by atoms with Crippen LogP contribution >= 0.6 is 0 Å². The van der Waals surface area contributed by atoms with E-state index in [1.165, 1.54) is 34.5 Å². The second-order valence-corrected chi connectivity index (χ2v) is 4.90. The number of nitrogens with zero attached hydrogens (tertiary/aromatic N) is 1. The van der Waals surface area contributed by atoms with Gasteiger partial charge in [-0.3, -0.25) is 0 Å². The molecular formula is C16H21N. The summed E-state index contributed by atoms with van der Waals surface area (Å²) >= 11 is 0. The zero-order valence-electron chi connectivity index (χ0n) is 11.2. The van der Waals surface area contributed by atoms with Gasteiger partial charge in [0.15, 0.2) is 0 Å². The van der Waals surface area contributed by atoms with Crippen molar-refractivity contribution in [3.63, 3.8) is 0 Å². The maximum atomic E-state index is 2.34. The summed E-state index contributed by atoms with van der Waals surface area (Å²) in [5.41, 5.74) is 6.70. The van der Waals surface area contributed by atoms with Crippen molar-refractivity contribution in [3.05, 3.63) is 52.7 Å². The Hall–Kier alpha value is -1.50. The minimum absolute atomic E-state index is 1.15. The Balaban J connectivity index is 2.34. The third-order valence-electron chi connectivity index (χ3n) is 3.43. The van der Waals surface area contributed by atoms with Crippen molar-refractivity contribution in [1.29, 1.82) is 0 Å². The minimum Gasteiger partial charge on any atom is -0.344 e. The molecule has 0 aliphatic heterocycles. The molecule has 1 nitrogen and oxygen atoms in total. The van der Waals surface area contributed by atoms with Crippen molar-refractivity contribution in [2.24, 2.45) is 0 Å². The first-order valence-corrected chi connectivity index (χ1v) is 6.28. The Morgan fingerprint density at radius 1 is 1.00 bits per heavy atom. The molecule has 1 aliphatic rings. The Labute approximate surface area is 104 Å². The quantitative estimate of drug-likeness (QED) is 0.725. The molecule has 1 heteroatoms. The molecule has 0 saturated heterocycles. The lowest BCUT2D eigenvalue weighted by molar-refractivity contribution is 0.950. The Kier molecular flexibility index (Phi) is 3.37. The zero-order chi connectivity index (χ0) is 12.4. The number of allylic oxidation sites excluding steroid dienone is 3. The maximum absolute atomic E-state index is 2.34. The summed E-state index contributed by atoms with van der Waals surface area (Å²) in [7, 11) is 2.16. The fraction of sp³-hybridized carbons (Fsp3) is 0.375. The molecule has 1 aliphatic carbocycles. The van der Waals surface area contributed by atoms with Crippen LogP contribution in [0.2, 0.25) is 0 Å². The van der Waals surface area contributed by atoms with Crippen molar-refractivity contribution in [1.82, 2.24) is 0 Å². The molecule has 0 N–H and O–H groups in total. The number of aryl methyl sites for hydroxylation is 2. The topological polar surface area (TPSA) is 3.24 Å². The van der Waals surface area contributed by atoms with Gasteiger partial charge in [0.05, 0.1) is 0 Å². The van der Waals surface area contributed by atoms with E-state index in [0.717, 1.165) is 6.42 Å². The van der Waals surface area contributed by atoms with E-state index in [0.29, 0.717) is 0 Å². The molecule has 0 unspecified atom stereocenters. The van der Waals surface area contributed by atoms with Gasteiger partial charge in [-0.15, -0.1) is 0 Å². The van der Waals surface area contributed by atoms with Crippen LogP contribution < -0.4 is 4.90 Å². The number of anilines is 1. The predicted octanol–water partition coefficient (Wildman–Crippen LogP) is 4.36. The van der Waals surface area contributed by atoms with E-state index in [9.17, 15) is 0 Å². The highest BCUT2D eigenvalue weighted by atomic mass is 15.1. The van der Waals surface area contributed by atoms with Gasteiger partial charge in [-0.1, -0.05) is 29.8 Å². The zero-order valence-corrected chi connectivity index (χ0v) is 11.2. The number of likely N-dealkylation sites (N-methyl/N-ethyl adjacent to an activating group) is 1. The normalized spacial score (nSPS) is 15.3. The molecule has 0 fully saturated rings. The van der Waals surface area contributed by atoms with Crippen molar-refractivity contribution in [3.8, 4) is 0 Å². The van der Waals surface area contributed by atoms with Crippen molar-refractivity contribution < 1.29 is 0 Å². The summed E-state index contributed by atoms with van der Waals surface area (Å²) in [6.45, 7) is 6.52. The SMILES string of the molecule is CC1=CCCC=C1N(C)c1ccc(C)cc1C. The Morgan fingerprint density at radius 2 is 1.71 bits per heavy atom. The van der Waals surface area contributed by atoms with E-state index in [-0.39, 0.29) is 0 Å². The molecule has 0 atom stereocenters. The summed E-state index contributed by atoms with van der Waals surface area (Å²) in [5, 5.41) is 0. The fourth-order valence-electron chi connectivity index (χ4n) is 2.50. The lowest BCUT2D eigenvalue weighted by Crippen LogP contribution is -2.19. The molecule has 0 heterocycles. The maximum Gasteiger partial charge on any atom is 0.0437 e. The molecule has 0 aromatic heterocycles. The monoisotopic (exact) mass is 227 g/mol. The molecule has 0 spiro atoms. The number of hydrogen-bond acceptors (Lipinski definition) is 1. The Bertz CT molecular complexity index is 480. The van der Waals surface area contributed by atoms with Crippen LogP contribution in [0, 0.1) is 13.8 Å².